The van der Waals surface area contributed by atoms with Gasteiger partial charge < -0.3 is 14.4 Å². The van der Waals surface area contributed by atoms with Gasteiger partial charge in [-0.25, -0.2) is 0 Å². The summed E-state index contributed by atoms with van der Waals surface area (Å²) in [6, 6.07) is 0. The average Bonchev–Trinajstić information content (AvgIpc) is 1.36. The zero-order valence-electron chi connectivity index (χ0n) is 3.53. The van der Waals surface area contributed by atoms with Crippen LogP contribution < -0.4 is 9.79 Å². The van der Waals surface area contributed by atoms with E-state index in [-0.39, 0.29) is 0 Å². The van der Waals surface area contributed by atoms with Gasteiger partial charge in [0.05, 0.1) is 0 Å². The fourth-order valence-electron chi connectivity index (χ4n) is 0. The van der Waals surface area contributed by atoms with Crippen molar-refractivity contribution in [3.63, 3.8) is 0 Å². The second-order valence-corrected chi connectivity index (χ2v) is 2.31. The maximum atomic E-state index is 9.10. The second kappa shape index (κ2) is 4.69. The Balaban J connectivity index is 0. The van der Waals surface area contributed by atoms with Gasteiger partial charge in [-0.05, 0) is 6.66 Å². The minimum absolute atomic E-state index is 0.632. The van der Waals surface area contributed by atoms with E-state index in [4.69, 9.17) is 18.0 Å². The Bertz CT molecular complexity index is 67.5. The van der Waals surface area contributed by atoms with Crippen LogP contribution in [0, 0.1) is 0 Å². The Kier molecular flexibility index (Phi) is 7.03. The molecule has 0 unspecified atom stereocenters. The van der Waals surface area contributed by atoms with Crippen LogP contribution in [-0.2, 0) is 25.6 Å². The Labute approximate surface area is 50.3 Å². The summed E-state index contributed by atoms with van der Waals surface area (Å²) in [6.07, 6.45) is 0. The standard InChI is InChI=1S/CH5O3P.O.V/c1-5(2,3)4;;/h1H3,(H2,2,3,4);;/q;;+2/p-2. The molecule has 0 aliphatic rings. The molecular weight excluding hydrogens is 158 g/mol. The van der Waals surface area contributed by atoms with E-state index in [2.05, 4.69) is 0 Å². The van der Waals surface area contributed by atoms with Gasteiger partial charge in [0.15, 0.2) is 0 Å². The van der Waals surface area contributed by atoms with Gasteiger partial charge in [0, 0.05) is 0 Å². The van der Waals surface area contributed by atoms with Gasteiger partial charge in [-0.1, -0.05) is 7.60 Å². The topological polar surface area (TPSA) is 80.3 Å². The molecule has 0 bridgehead atoms. The van der Waals surface area contributed by atoms with Crippen molar-refractivity contribution in [3.8, 4) is 0 Å². The number of hydrogen-bond donors (Lipinski definition) is 0. The Morgan fingerprint density at radius 1 is 1.43 bits per heavy atom. The fourth-order valence-corrected chi connectivity index (χ4v) is 0. The van der Waals surface area contributed by atoms with Crippen molar-refractivity contribution in [3.05, 3.63) is 0 Å². The van der Waals surface area contributed by atoms with Gasteiger partial charge in [-0.15, -0.1) is 0 Å². The fraction of sp³-hybridized carbons (Fsp3) is 1.00. The van der Waals surface area contributed by atoms with Gasteiger partial charge in [0.25, 0.3) is 0 Å². The third kappa shape index (κ3) is 470. The molecule has 0 aliphatic heterocycles. The van der Waals surface area contributed by atoms with Gasteiger partial charge in [-0.3, -0.25) is 0 Å². The molecule has 0 N–H and O–H groups in total. The SMILES string of the molecule is CP(=O)([O-])[O-].[O]=[V+2]. The molecule has 0 amide bonds. The van der Waals surface area contributed by atoms with Gasteiger partial charge in [0.1, 0.15) is 0 Å². The molecule has 4 nitrogen and oxygen atoms in total. The molecule has 0 aromatic heterocycles. The maximum absolute atomic E-state index is 9.10. The van der Waals surface area contributed by atoms with Crippen molar-refractivity contribution >= 4 is 7.60 Å². The molecule has 0 aromatic carbocycles. The summed E-state index contributed by atoms with van der Waals surface area (Å²) in [5.74, 6) is 0. The van der Waals surface area contributed by atoms with Gasteiger partial charge in [-0.2, -0.15) is 0 Å². The molecule has 41 valence electrons. The first-order chi connectivity index (χ1) is 3.00. The molecule has 0 atom stereocenters. The molecule has 0 aromatic rings. The van der Waals surface area contributed by atoms with Crippen LogP contribution in [0.5, 0.6) is 0 Å². The van der Waals surface area contributed by atoms with E-state index in [0.717, 1.165) is 17.4 Å². The first kappa shape index (κ1) is 10.5. The van der Waals surface area contributed by atoms with Crippen molar-refractivity contribution in [2.75, 3.05) is 6.66 Å². The average molecular weight is 161 g/mol. The minimum atomic E-state index is -4.14. The zero-order valence-corrected chi connectivity index (χ0v) is 5.82. The van der Waals surface area contributed by atoms with E-state index in [1.165, 1.54) is 0 Å². The third-order valence-electron chi connectivity index (χ3n) is 0. The molecule has 0 aliphatic carbocycles. The first-order valence-electron chi connectivity index (χ1n) is 1.18. The van der Waals surface area contributed by atoms with Crippen LogP contribution in [0.3, 0.4) is 0 Å². The van der Waals surface area contributed by atoms with E-state index >= 15 is 0 Å². The molecule has 0 heterocycles. The zero-order chi connectivity index (χ0) is 6.50. The number of rotatable bonds is 0. The molecule has 6 heteroatoms. The van der Waals surface area contributed by atoms with Crippen molar-refractivity contribution in [1.29, 1.82) is 0 Å². The van der Waals surface area contributed by atoms with Crippen LogP contribution in [0.1, 0.15) is 0 Å². The van der Waals surface area contributed by atoms with E-state index in [1.54, 1.807) is 0 Å². The quantitative estimate of drug-likeness (QED) is 0.401. The Morgan fingerprint density at radius 3 is 1.43 bits per heavy atom. The van der Waals surface area contributed by atoms with E-state index in [9.17, 15) is 0 Å². The van der Waals surface area contributed by atoms with Crippen molar-refractivity contribution < 1.29 is 35.4 Å². The summed E-state index contributed by atoms with van der Waals surface area (Å²) in [4.78, 5) is 18.2. The van der Waals surface area contributed by atoms with Gasteiger partial charge >= 0.3 is 21.0 Å². The second-order valence-electron chi connectivity index (χ2n) is 0.771. The first-order valence-corrected chi connectivity index (χ1v) is 3.74. The van der Waals surface area contributed by atoms with Crippen LogP contribution in [0.4, 0.5) is 0 Å². The summed E-state index contributed by atoms with van der Waals surface area (Å²) in [7, 11) is -4.14. The van der Waals surface area contributed by atoms with Gasteiger partial charge in [0.2, 0.25) is 0 Å². The molecule has 7 heavy (non-hydrogen) atoms. The molecule has 0 rings (SSSR count). The number of hydrogen-bond acceptors (Lipinski definition) is 4. The predicted octanol–water partition coefficient (Wildman–Crippen LogP) is -1.59. The third-order valence-corrected chi connectivity index (χ3v) is 0. The van der Waals surface area contributed by atoms with Crippen LogP contribution in [0.2, 0.25) is 0 Å². The van der Waals surface area contributed by atoms with Crippen LogP contribution >= 0.6 is 7.60 Å². The van der Waals surface area contributed by atoms with Crippen molar-refractivity contribution in [2.45, 2.75) is 0 Å². The van der Waals surface area contributed by atoms with Crippen LogP contribution in [0.25, 0.3) is 0 Å². The van der Waals surface area contributed by atoms with E-state index in [1.807, 2.05) is 0 Å². The Hall–Kier alpha value is 0.534. The molecule has 0 spiro atoms. The summed E-state index contributed by atoms with van der Waals surface area (Å²) in [6.45, 7) is 0.632. The molecule has 0 fully saturated rings. The summed E-state index contributed by atoms with van der Waals surface area (Å²) in [5.41, 5.74) is 0. The molecular formula is CH3O4PV. The van der Waals surface area contributed by atoms with E-state index in [0.29, 0.717) is 6.66 Å². The normalized spacial score (nSPS) is 9.29. The predicted molar refractivity (Wildman–Crippen MR) is 14.2 cm³/mol. The van der Waals surface area contributed by atoms with Crippen LogP contribution in [-0.4, -0.2) is 6.66 Å². The molecule has 0 saturated heterocycles. The summed E-state index contributed by atoms with van der Waals surface area (Å²) >= 11 is 1.06. The Morgan fingerprint density at radius 2 is 1.43 bits per heavy atom. The van der Waals surface area contributed by atoms with Crippen LogP contribution in [0.15, 0.2) is 0 Å². The molecule has 0 radical (unpaired) electrons. The van der Waals surface area contributed by atoms with E-state index < -0.39 is 7.60 Å². The summed E-state index contributed by atoms with van der Waals surface area (Å²) in [5, 5.41) is 0. The van der Waals surface area contributed by atoms with Crippen molar-refractivity contribution in [1.82, 2.24) is 0 Å². The molecule has 0 saturated carbocycles. The monoisotopic (exact) mass is 161 g/mol. The van der Waals surface area contributed by atoms with Crippen molar-refractivity contribution in [2.24, 2.45) is 0 Å². The summed E-state index contributed by atoms with van der Waals surface area (Å²) < 4.78 is 17.3.